The first-order valence-electron chi connectivity index (χ1n) is 12.5. The summed E-state index contributed by atoms with van der Waals surface area (Å²) in [6, 6.07) is 10.5. The van der Waals surface area contributed by atoms with Crippen molar-refractivity contribution in [3.8, 4) is 11.5 Å². The van der Waals surface area contributed by atoms with Crippen molar-refractivity contribution in [1.29, 1.82) is 0 Å². The molecule has 2 aromatic rings. The minimum Gasteiger partial charge on any atom is -0.495 e. The van der Waals surface area contributed by atoms with Crippen LogP contribution < -0.4 is 19.5 Å². The second-order valence-corrected chi connectivity index (χ2v) is 13.9. The molecule has 2 aliphatic heterocycles. The lowest BCUT2D eigenvalue weighted by atomic mass is 9.88. The van der Waals surface area contributed by atoms with Crippen LogP contribution in [0.2, 0.25) is 5.02 Å². The van der Waals surface area contributed by atoms with Crippen molar-refractivity contribution < 1.29 is 36.2 Å². The summed E-state index contributed by atoms with van der Waals surface area (Å²) in [6.45, 7) is 1.36. The number of hydrogen-bond donors (Lipinski definition) is 3. The maximum atomic E-state index is 13.1. The summed E-state index contributed by atoms with van der Waals surface area (Å²) in [5.74, 6) is 0.754. The second-order valence-electron chi connectivity index (χ2n) is 9.65. The number of nitrogens with one attached hydrogen (secondary N) is 2. The Morgan fingerprint density at radius 3 is 2.56 bits per heavy atom. The predicted molar refractivity (Wildman–Crippen MR) is 145 cm³/mol. The normalized spacial score (nSPS) is 20.7. The van der Waals surface area contributed by atoms with Gasteiger partial charge in [-0.05, 0) is 56.6 Å². The van der Waals surface area contributed by atoms with Gasteiger partial charge in [-0.3, -0.25) is 0 Å². The number of aliphatic hydroxyl groups excluding tert-OH is 1. The van der Waals surface area contributed by atoms with Gasteiger partial charge in [-0.25, -0.2) is 21.6 Å². The number of benzene rings is 2. The van der Waals surface area contributed by atoms with Gasteiger partial charge in [0.1, 0.15) is 24.2 Å². The maximum absolute atomic E-state index is 13.1. The minimum atomic E-state index is -3.69. The molecule has 2 fully saturated rings. The Hall–Kier alpha value is -1.97. The van der Waals surface area contributed by atoms with E-state index in [0.717, 1.165) is 0 Å². The molecule has 0 aliphatic carbocycles. The zero-order valence-electron chi connectivity index (χ0n) is 21.8. The molecular formula is C25H34ClN3O8S2. The van der Waals surface area contributed by atoms with E-state index in [1.807, 2.05) is 0 Å². The number of aliphatic hydroxyl groups is 1. The lowest BCUT2D eigenvalue weighted by Crippen LogP contribution is -2.47. The zero-order valence-corrected chi connectivity index (χ0v) is 24.2. The highest BCUT2D eigenvalue weighted by atomic mass is 35.5. The first-order valence-corrected chi connectivity index (χ1v) is 15.8. The van der Waals surface area contributed by atoms with Gasteiger partial charge in [-0.1, -0.05) is 17.7 Å². The van der Waals surface area contributed by atoms with Gasteiger partial charge >= 0.3 is 0 Å². The van der Waals surface area contributed by atoms with Crippen LogP contribution in [-0.2, 0) is 24.8 Å². The van der Waals surface area contributed by atoms with Crippen LogP contribution in [0.1, 0.15) is 19.3 Å². The van der Waals surface area contributed by atoms with Crippen LogP contribution in [0.3, 0.4) is 0 Å². The summed E-state index contributed by atoms with van der Waals surface area (Å²) in [4.78, 5) is 0.206. The van der Waals surface area contributed by atoms with E-state index < -0.39 is 31.8 Å². The van der Waals surface area contributed by atoms with Crippen molar-refractivity contribution in [1.82, 2.24) is 14.3 Å². The van der Waals surface area contributed by atoms with Crippen molar-refractivity contribution in [2.45, 2.75) is 46.8 Å². The number of sulfonamides is 2. The molecule has 0 saturated carbocycles. The molecule has 14 heteroatoms. The molecule has 2 saturated heterocycles. The fourth-order valence-electron chi connectivity index (χ4n) is 4.82. The summed E-state index contributed by atoms with van der Waals surface area (Å²) in [5.41, 5.74) is -0.415. The van der Waals surface area contributed by atoms with E-state index in [4.69, 9.17) is 25.8 Å². The number of halogens is 1. The highest BCUT2D eigenvalue weighted by Gasteiger charge is 2.44. The van der Waals surface area contributed by atoms with Crippen LogP contribution in [0.15, 0.2) is 52.3 Å². The Labute approximate surface area is 234 Å². The van der Waals surface area contributed by atoms with Crippen molar-refractivity contribution >= 4 is 31.6 Å². The van der Waals surface area contributed by atoms with E-state index >= 15 is 0 Å². The maximum Gasteiger partial charge on any atom is 0.243 e. The third-order valence-electron chi connectivity index (χ3n) is 7.07. The fourth-order valence-corrected chi connectivity index (χ4v) is 7.37. The minimum absolute atomic E-state index is 0.00676. The van der Waals surface area contributed by atoms with E-state index in [9.17, 15) is 21.9 Å². The van der Waals surface area contributed by atoms with Crippen LogP contribution in [-0.4, -0.2) is 91.0 Å². The molecule has 2 aliphatic rings. The number of methoxy groups -OCH3 is 1. The van der Waals surface area contributed by atoms with Crippen LogP contribution in [0.25, 0.3) is 0 Å². The molecule has 0 bridgehead atoms. The number of rotatable bonds is 11. The number of piperidine rings is 1. The largest absolute Gasteiger partial charge is 0.495 e. The number of ether oxygens (including phenoxy) is 3. The highest BCUT2D eigenvalue weighted by molar-refractivity contribution is 7.89. The van der Waals surface area contributed by atoms with E-state index in [1.54, 1.807) is 18.2 Å². The molecule has 39 heavy (non-hydrogen) atoms. The van der Waals surface area contributed by atoms with Gasteiger partial charge in [0.2, 0.25) is 20.0 Å². The third-order valence-corrected chi connectivity index (χ3v) is 10.7. The van der Waals surface area contributed by atoms with E-state index in [-0.39, 0.29) is 34.0 Å². The molecule has 4 rings (SSSR count). The van der Waals surface area contributed by atoms with Crippen molar-refractivity contribution in [3.63, 3.8) is 0 Å². The van der Waals surface area contributed by atoms with Gasteiger partial charge in [0, 0.05) is 31.7 Å². The third kappa shape index (κ3) is 7.03. The van der Waals surface area contributed by atoms with Gasteiger partial charge in [-0.15, -0.1) is 0 Å². The van der Waals surface area contributed by atoms with E-state index in [0.29, 0.717) is 50.5 Å². The van der Waals surface area contributed by atoms with Crippen LogP contribution >= 0.6 is 11.6 Å². The molecule has 3 N–H and O–H groups in total. The van der Waals surface area contributed by atoms with Crippen LogP contribution in [0.4, 0.5) is 0 Å². The Morgan fingerprint density at radius 2 is 1.90 bits per heavy atom. The lowest BCUT2D eigenvalue weighted by Gasteiger charge is -2.38. The molecule has 216 valence electrons. The van der Waals surface area contributed by atoms with Gasteiger partial charge < -0.3 is 24.6 Å². The van der Waals surface area contributed by atoms with Gasteiger partial charge in [0.15, 0.2) is 0 Å². The first kappa shape index (κ1) is 30.0. The summed E-state index contributed by atoms with van der Waals surface area (Å²) < 4.78 is 70.7. The molecule has 1 spiro atoms. The van der Waals surface area contributed by atoms with Gasteiger partial charge in [0.05, 0.1) is 34.1 Å². The topological polar surface area (TPSA) is 144 Å². The molecule has 0 amide bonds. The lowest BCUT2D eigenvalue weighted by molar-refractivity contribution is -0.0312. The van der Waals surface area contributed by atoms with Crippen molar-refractivity contribution in [2.75, 3.05) is 47.0 Å². The summed E-state index contributed by atoms with van der Waals surface area (Å²) in [5, 5.41) is 13.9. The monoisotopic (exact) mass is 603 g/mol. The second kappa shape index (κ2) is 12.3. The number of nitrogens with zero attached hydrogens (tertiary/aromatic N) is 1. The molecule has 0 radical (unpaired) electrons. The summed E-state index contributed by atoms with van der Waals surface area (Å²) in [6.07, 6.45) is 0.999. The standard InChI is InChI=1S/C25H34ClN3O8S2/c1-27-38(31,32)21-5-3-4-20(12-21)36-17-19(30)15-28-18-14-25(37-16-18)8-10-29(11-9-25)39(33,34)22-6-7-24(35-2)23(26)13-22/h3-7,12-13,18-19,27-28,30H,8-11,14-17H2,1-2H3/t18?,19-/m0/s1. The summed E-state index contributed by atoms with van der Waals surface area (Å²) in [7, 11) is -4.48. The van der Waals surface area contributed by atoms with Crippen molar-refractivity contribution in [2.24, 2.45) is 0 Å². The summed E-state index contributed by atoms with van der Waals surface area (Å²) >= 11 is 6.14. The molecule has 2 aromatic carbocycles. The zero-order chi connectivity index (χ0) is 28.3. The Balaban J connectivity index is 1.24. The number of hydrogen-bond acceptors (Lipinski definition) is 9. The quantitative estimate of drug-likeness (QED) is 0.349. The smallest absolute Gasteiger partial charge is 0.243 e. The first-order chi connectivity index (χ1) is 18.5. The Morgan fingerprint density at radius 1 is 1.15 bits per heavy atom. The van der Waals surface area contributed by atoms with E-state index in [1.165, 1.54) is 42.7 Å². The van der Waals surface area contributed by atoms with E-state index in [2.05, 4.69) is 10.0 Å². The predicted octanol–water partition coefficient (Wildman–Crippen LogP) is 1.60. The van der Waals surface area contributed by atoms with Crippen LogP contribution in [0, 0.1) is 0 Å². The van der Waals surface area contributed by atoms with Gasteiger partial charge in [-0.2, -0.15) is 4.31 Å². The SMILES string of the molecule is CNS(=O)(=O)c1cccc(OC[C@@H](O)CNC2COC3(CCN(S(=O)(=O)c4ccc(OC)c(Cl)c4)CC3)C2)c1. The van der Waals surface area contributed by atoms with Crippen LogP contribution in [0.5, 0.6) is 11.5 Å². The van der Waals surface area contributed by atoms with Crippen molar-refractivity contribution in [3.05, 3.63) is 47.5 Å². The average molecular weight is 604 g/mol. The van der Waals surface area contributed by atoms with Gasteiger partial charge in [0.25, 0.3) is 0 Å². The molecule has 11 nitrogen and oxygen atoms in total. The average Bonchev–Trinajstić information content (AvgIpc) is 3.33. The molecular weight excluding hydrogens is 570 g/mol. The fraction of sp³-hybridized carbons (Fsp3) is 0.520. The Kier molecular flexibility index (Phi) is 9.44. The molecule has 0 aromatic heterocycles. The molecule has 1 unspecified atom stereocenters. The Bertz CT molecular complexity index is 1370. The molecule has 2 atom stereocenters. The highest BCUT2D eigenvalue weighted by Crippen LogP contribution is 2.38. The molecule has 2 heterocycles.